The van der Waals surface area contributed by atoms with E-state index in [2.05, 4.69) is 11.6 Å². The number of nitrogens with one attached hydrogen (secondary N) is 1. The SMILES string of the molecule is CSC1CCCC1NCc1ccco1. The topological polar surface area (TPSA) is 25.2 Å². The standard InChI is InChI=1S/C11H17NOS/c1-14-11-6-2-5-10(11)12-8-9-4-3-7-13-9/h3-4,7,10-12H,2,5-6,8H2,1H3. The fourth-order valence-electron chi connectivity index (χ4n) is 2.09. The van der Waals surface area contributed by atoms with Crippen LogP contribution >= 0.6 is 11.8 Å². The highest BCUT2D eigenvalue weighted by atomic mass is 32.2. The molecule has 0 spiro atoms. The molecule has 1 heterocycles. The van der Waals surface area contributed by atoms with Gasteiger partial charge >= 0.3 is 0 Å². The van der Waals surface area contributed by atoms with E-state index in [1.807, 2.05) is 23.9 Å². The molecule has 0 aliphatic heterocycles. The second-order valence-electron chi connectivity index (χ2n) is 3.77. The Kier molecular flexibility index (Phi) is 3.54. The first-order valence-corrected chi connectivity index (χ1v) is 6.47. The summed E-state index contributed by atoms with van der Waals surface area (Å²) in [7, 11) is 0. The van der Waals surface area contributed by atoms with Crippen molar-refractivity contribution < 1.29 is 4.42 Å². The van der Waals surface area contributed by atoms with Gasteiger partial charge in [0, 0.05) is 11.3 Å². The Bertz CT molecular complexity index is 260. The maximum atomic E-state index is 5.29. The zero-order valence-corrected chi connectivity index (χ0v) is 9.35. The Labute approximate surface area is 89.4 Å². The summed E-state index contributed by atoms with van der Waals surface area (Å²) in [6, 6.07) is 4.64. The van der Waals surface area contributed by atoms with Crippen molar-refractivity contribution >= 4 is 11.8 Å². The molecule has 78 valence electrons. The summed E-state index contributed by atoms with van der Waals surface area (Å²) in [5, 5.41) is 4.37. The molecule has 1 saturated carbocycles. The Morgan fingerprint density at radius 1 is 1.57 bits per heavy atom. The van der Waals surface area contributed by atoms with E-state index in [0.29, 0.717) is 6.04 Å². The second kappa shape index (κ2) is 4.89. The van der Waals surface area contributed by atoms with E-state index in [0.717, 1.165) is 17.6 Å². The molecule has 3 heteroatoms. The number of hydrogen-bond acceptors (Lipinski definition) is 3. The van der Waals surface area contributed by atoms with Crippen molar-refractivity contribution in [3.8, 4) is 0 Å². The molecule has 1 aromatic rings. The first-order valence-electron chi connectivity index (χ1n) is 5.18. The lowest BCUT2D eigenvalue weighted by Crippen LogP contribution is -2.33. The van der Waals surface area contributed by atoms with Crippen LogP contribution in [0.15, 0.2) is 22.8 Å². The van der Waals surface area contributed by atoms with Gasteiger partial charge in [0.15, 0.2) is 0 Å². The van der Waals surface area contributed by atoms with Gasteiger partial charge in [-0.05, 0) is 31.2 Å². The monoisotopic (exact) mass is 211 g/mol. The van der Waals surface area contributed by atoms with Gasteiger partial charge in [0.25, 0.3) is 0 Å². The Morgan fingerprint density at radius 2 is 2.50 bits per heavy atom. The molecule has 1 fully saturated rings. The van der Waals surface area contributed by atoms with Gasteiger partial charge in [-0.15, -0.1) is 0 Å². The molecule has 0 amide bonds. The van der Waals surface area contributed by atoms with Gasteiger partial charge in [-0.2, -0.15) is 11.8 Å². The van der Waals surface area contributed by atoms with Gasteiger partial charge < -0.3 is 9.73 Å². The normalized spacial score (nSPS) is 26.9. The average molecular weight is 211 g/mol. The maximum absolute atomic E-state index is 5.29. The van der Waals surface area contributed by atoms with Crippen molar-refractivity contribution in [2.24, 2.45) is 0 Å². The summed E-state index contributed by atoms with van der Waals surface area (Å²) in [5.41, 5.74) is 0. The minimum Gasteiger partial charge on any atom is -0.468 e. The smallest absolute Gasteiger partial charge is 0.117 e. The average Bonchev–Trinajstić information content (AvgIpc) is 2.85. The van der Waals surface area contributed by atoms with E-state index < -0.39 is 0 Å². The van der Waals surface area contributed by atoms with Gasteiger partial charge in [0.1, 0.15) is 5.76 Å². The van der Waals surface area contributed by atoms with Crippen molar-refractivity contribution in [2.75, 3.05) is 6.26 Å². The molecule has 2 unspecified atom stereocenters. The summed E-state index contributed by atoms with van der Waals surface area (Å²) in [4.78, 5) is 0. The zero-order chi connectivity index (χ0) is 9.80. The lowest BCUT2D eigenvalue weighted by atomic mass is 10.2. The molecule has 0 saturated heterocycles. The minimum absolute atomic E-state index is 0.676. The van der Waals surface area contributed by atoms with Gasteiger partial charge in [-0.1, -0.05) is 6.42 Å². The number of hydrogen-bond donors (Lipinski definition) is 1. The minimum atomic E-state index is 0.676. The summed E-state index contributed by atoms with van der Waals surface area (Å²) in [6.07, 6.45) is 7.97. The molecule has 2 rings (SSSR count). The van der Waals surface area contributed by atoms with Crippen LogP contribution < -0.4 is 5.32 Å². The first kappa shape index (κ1) is 10.1. The number of thioether (sulfide) groups is 1. The molecule has 1 aliphatic carbocycles. The Morgan fingerprint density at radius 3 is 3.21 bits per heavy atom. The lowest BCUT2D eigenvalue weighted by molar-refractivity contribution is 0.449. The van der Waals surface area contributed by atoms with E-state index in [1.165, 1.54) is 19.3 Å². The van der Waals surface area contributed by atoms with Crippen LogP contribution in [0.1, 0.15) is 25.0 Å². The fourth-order valence-corrected chi connectivity index (χ4v) is 3.05. The summed E-state index contributed by atoms with van der Waals surface area (Å²) < 4.78 is 5.29. The Hall–Kier alpha value is -0.410. The molecule has 2 atom stereocenters. The van der Waals surface area contributed by atoms with Crippen LogP contribution in [0.25, 0.3) is 0 Å². The highest BCUT2D eigenvalue weighted by Gasteiger charge is 2.25. The highest BCUT2D eigenvalue weighted by Crippen LogP contribution is 2.28. The van der Waals surface area contributed by atoms with Crippen LogP contribution in [0.2, 0.25) is 0 Å². The molecule has 1 N–H and O–H groups in total. The molecule has 0 aromatic carbocycles. The van der Waals surface area contributed by atoms with Crippen LogP contribution in [-0.4, -0.2) is 17.5 Å². The lowest BCUT2D eigenvalue weighted by Gasteiger charge is -2.18. The largest absolute Gasteiger partial charge is 0.468 e. The van der Waals surface area contributed by atoms with Crippen molar-refractivity contribution in [1.29, 1.82) is 0 Å². The second-order valence-corrected chi connectivity index (χ2v) is 4.85. The number of rotatable bonds is 4. The Balaban J connectivity index is 1.80. The van der Waals surface area contributed by atoms with E-state index in [1.54, 1.807) is 6.26 Å². The van der Waals surface area contributed by atoms with E-state index in [9.17, 15) is 0 Å². The molecular weight excluding hydrogens is 194 g/mol. The van der Waals surface area contributed by atoms with Gasteiger partial charge in [-0.25, -0.2) is 0 Å². The van der Waals surface area contributed by atoms with Gasteiger partial charge in [-0.3, -0.25) is 0 Å². The third kappa shape index (κ3) is 2.34. The van der Waals surface area contributed by atoms with Crippen LogP contribution in [0, 0.1) is 0 Å². The predicted octanol–water partition coefficient (Wildman–Crippen LogP) is 2.65. The maximum Gasteiger partial charge on any atom is 0.117 e. The molecule has 1 aliphatic rings. The van der Waals surface area contributed by atoms with Crippen LogP contribution in [-0.2, 0) is 6.54 Å². The van der Waals surface area contributed by atoms with Crippen molar-refractivity contribution in [2.45, 2.75) is 37.1 Å². The van der Waals surface area contributed by atoms with Gasteiger partial charge in [0.05, 0.1) is 12.8 Å². The third-order valence-electron chi connectivity index (χ3n) is 2.87. The summed E-state index contributed by atoms with van der Waals surface area (Å²) in [5.74, 6) is 1.04. The van der Waals surface area contributed by atoms with Crippen LogP contribution in [0.3, 0.4) is 0 Å². The molecule has 1 aromatic heterocycles. The van der Waals surface area contributed by atoms with E-state index in [-0.39, 0.29) is 0 Å². The highest BCUT2D eigenvalue weighted by molar-refractivity contribution is 7.99. The molecule has 0 bridgehead atoms. The van der Waals surface area contributed by atoms with E-state index in [4.69, 9.17) is 4.42 Å². The number of furan rings is 1. The molecule has 2 nitrogen and oxygen atoms in total. The molecule has 14 heavy (non-hydrogen) atoms. The van der Waals surface area contributed by atoms with Gasteiger partial charge in [0.2, 0.25) is 0 Å². The van der Waals surface area contributed by atoms with Crippen molar-refractivity contribution in [3.05, 3.63) is 24.2 Å². The third-order valence-corrected chi connectivity index (χ3v) is 4.04. The van der Waals surface area contributed by atoms with Crippen LogP contribution in [0.5, 0.6) is 0 Å². The van der Waals surface area contributed by atoms with Crippen LogP contribution in [0.4, 0.5) is 0 Å². The predicted molar refractivity (Wildman–Crippen MR) is 60.5 cm³/mol. The summed E-state index contributed by atoms with van der Waals surface area (Å²) >= 11 is 1.98. The van der Waals surface area contributed by atoms with E-state index >= 15 is 0 Å². The van der Waals surface area contributed by atoms with Crippen molar-refractivity contribution in [1.82, 2.24) is 5.32 Å². The zero-order valence-electron chi connectivity index (χ0n) is 8.53. The van der Waals surface area contributed by atoms with Crippen molar-refractivity contribution in [3.63, 3.8) is 0 Å². The molecular formula is C11H17NOS. The molecule has 0 radical (unpaired) electrons. The quantitative estimate of drug-likeness (QED) is 0.829. The summed E-state index contributed by atoms with van der Waals surface area (Å²) in [6.45, 7) is 0.870. The first-order chi connectivity index (χ1) is 6.90. The fraction of sp³-hybridized carbons (Fsp3) is 0.636.